The van der Waals surface area contributed by atoms with Gasteiger partial charge in [0.25, 0.3) is 5.91 Å². The summed E-state index contributed by atoms with van der Waals surface area (Å²) in [6, 6.07) is 20.0. The van der Waals surface area contributed by atoms with Gasteiger partial charge in [0, 0.05) is 38.8 Å². The Morgan fingerprint density at radius 2 is 1.64 bits per heavy atom. The monoisotopic (exact) mass is 443 g/mol. The molecule has 2 fully saturated rings. The van der Waals surface area contributed by atoms with E-state index in [2.05, 4.69) is 27.2 Å². The van der Waals surface area contributed by atoms with Crippen LogP contribution in [0.2, 0.25) is 0 Å². The van der Waals surface area contributed by atoms with E-state index in [1.54, 1.807) is 11.9 Å². The number of amides is 3. The summed E-state index contributed by atoms with van der Waals surface area (Å²) in [5.74, 6) is -0.0427. The predicted octanol–water partition coefficient (Wildman–Crippen LogP) is 3.55. The Hall–Kier alpha value is -3.45. The number of carbonyl (C=O) groups excluding carboxylic acids is 2. The number of H-pyrrole nitrogens is 1. The largest absolute Gasteiger partial charge is 0.327 e. The second-order valence-electron chi connectivity index (χ2n) is 8.98. The molecule has 3 amide bonds. The standard InChI is InChI=1S/C26H29N5O2/c1-29-25(33)31(15-12-20-8-4-2-5-9-20)24(32)26(29)13-16-30(17-14-26)19-22-18-27-28-23(22)21-10-6-3-7-11-21/h2-11,18H,12-17,19H2,1H3,(H,27,28). The number of urea groups is 1. The van der Waals surface area contributed by atoms with Gasteiger partial charge in [-0.15, -0.1) is 0 Å². The van der Waals surface area contributed by atoms with Crippen LogP contribution in [0.25, 0.3) is 11.3 Å². The van der Waals surface area contributed by atoms with Crippen molar-refractivity contribution in [2.24, 2.45) is 0 Å². The van der Waals surface area contributed by atoms with Crippen LogP contribution in [-0.2, 0) is 17.8 Å². The molecule has 2 aliphatic heterocycles. The molecule has 0 bridgehead atoms. The van der Waals surface area contributed by atoms with Crippen molar-refractivity contribution < 1.29 is 9.59 Å². The van der Waals surface area contributed by atoms with Gasteiger partial charge in [-0.3, -0.25) is 19.7 Å². The number of imide groups is 1. The van der Waals surface area contributed by atoms with Gasteiger partial charge in [0.15, 0.2) is 0 Å². The summed E-state index contributed by atoms with van der Waals surface area (Å²) in [6.07, 6.45) is 3.86. The van der Waals surface area contributed by atoms with Crippen LogP contribution in [-0.4, -0.2) is 69.1 Å². The normalized spacial score (nSPS) is 18.5. The number of hydrogen-bond donors (Lipinski definition) is 1. The van der Waals surface area contributed by atoms with Gasteiger partial charge >= 0.3 is 6.03 Å². The number of carbonyl (C=O) groups is 2. The molecular formula is C26H29N5O2. The van der Waals surface area contributed by atoms with Gasteiger partial charge in [-0.2, -0.15) is 5.10 Å². The fraction of sp³-hybridized carbons (Fsp3) is 0.346. The zero-order valence-electron chi connectivity index (χ0n) is 18.9. The first-order chi connectivity index (χ1) is 16.1. The SMILES string of the molecule is CN1C(=O)N(CCc2ccccc2)C(=O)C12CCN(Cc1cn[nH]c1-c1ccccc1)CC2. The van der Waals surface area contributed by atoms with E-state index < -0.39 is 5.54 Å². The first-order valence-electron chi connectivity index (χ1n) is 11.5. The molecule has 1 N–H and O–H groups in total. The molecule has 1 aromatic heterocycles. The Morgan fingerprint density at radius 1 is 0.970 bits per heavy atom. The van der Waals surface area contributed by atoms with Crippen molar-refractivity contribution in [2.45, 2.75) is 31.3 Å². The van der Waals surface area contributed by atoms with Crippen molar-refractivity contribution in [1.82, 2.24) is 24.9 Å². The fourth-order valence-corrected chi connectivity index (χ4v) is 5.09. The number of nitrogens with zero attached hydrogens (tertiary/aromatic N) is 4. The third kappa shape index (κ3) is 3.93. The molecule has 2 aromatic carbocycles. The van der Waals surface area contributed by atoms with Crippen LogP contribution >= 0.6 is 0 Å². The molecule has 3 aromatic rings. The second-order valence-corrected chi connectivity index (χ2v) is 8.98. The number of aromatic nitrogens is 2. The third-order valence-corrected chi connectivity index (χ3v) is 7.13. The molecule has 5 rings (SSSR count). The van der Waals surface area contributed by atoms with Crippen molar-refractivity contribution in [2.75, 3.05) is 26.7 Å². The maximum atomic E-state index is 13.4. The van der Waals surface area contributed by atoms with E-state index in [0.29, 0.717) is 25.8 Å². The van der Waals surface area contributed by atoms with Gasteiger partial charge in [0.2, 0.25) is 0 Å². The topological polar surface area (TPSA) is 72.5 Å². The van der Waals surface area contributed by atoms with Gasteiger partial charge < -0.3 is 4.90 Å². The molecule has 2 aliphatic rings. The van der Waals surface area contributed by atoms with E-state index in [1.165, 1.54) is 4.90 Å². The molecule has 33 heavy (non-hydrogen) atoms. The van der Waals surface area contributed by atoms with Crippen LogP contribution in [0.1, 0.15) is 24.0 Å². The van der Waals surface area contributed by atoms with E-state index in [1.807, 2.05) is 54.7 Å². The van der Waals surface area contributed by atoms with Gasteiger partial charge in [-0.1, -0.05) is 60.7 Å². The Morgan fingerprint density at radius 3 is 2.33 bits per heavy atom. The molecule has 0 saturated carbocycles. The highest BCUT2D eigenvalue weighted by Crippen LogP contribution is 2.37. The maximum absolute atomic E-state index is 13.4. The van der Waals surface area contributed by atoms with Crippen LogP contribution in [0.3, 0.4) is 0 Å². The van der Waals surface area contributed by atoms with Gasteiger partial charge in [0.05, 0.1) is 11.9 Å². The van der Waals surface area contributed by atoms with Crippen LogP contribution in [0.4, 0.5) is 4.79 Å². The molecule has 1 spiro atoms. The lowest BCUT2D eigenvalue weighted by Gasteiger charge is -2.40. The van der Waals surface area contributed by atoms with Gasteiger partial charge in [-0.05, 0) is 30.4 Å². The Balaban J connectivity index is 1.24. The minimum atomic E-state index is -0.719. The Kier molecular flexibility index (Phi) is 5.72. The van der Waals surface area contributed by atoms with Crippen molar-refractivity contribution in [1.29, 1.82) is 0 Å². The lowest BCUT2D eigenvalue weighted by atomic mass is 9.86. The average Bonchev–Trinajstić information content (AvgIpc) is 3.39. The Labute approximate surface area is 194 Å². The molecule has 0 aliphatic carbocycles. The van der Waals surface area contributed by atoms with E-state index >= 15 is 0 Å². The number of piperidine rings is 1. The second kappa shape index (κ2) is 8.83. The summed E-state index contributed by atoms with van der Waals surface area (Å²) in [6.45, 7) is 2.71. The van der Waals surface area contributed by atoms with E-state index in [0.717, 1.165) is 42.0 Å². The van der Waals surface area contributed by atoms with E-state index in [9.17, 15) is 9.59 Å². The molecule has 170 valence electrons. The number of nitrogens with one attached hydrogen (secondary N) is 1. The minimum absolute atomic E-state index is 0.0427. The number of benzene rings is 2. The maximum Gasteiger partial charge on any atom is 0.327 e. The first-order valence-corrected chi connectivity index (χ1v) is 11.5. The quantitative estimate of drug-likeness (QED) is 0.592. The van der Waals surface area contributed by atoms with Crippen molar-refractivity contribution in [3.8, 4) is 11.3 Å². The molecule has 2 saturated heterocycles. The average molecular weight is 444 g/mol. The molecule has 3 heterocycles. The number of rotatable bonds is 6. The zero-order valence-corrected chi connectivity index (χ0v) is 18.9. The van der Waals surface area contributed by atoms with Crippen LogP contribution in [0.15, 0.2) is 66.9 Å². The fourth-order valence-electron chi connectivity index (χ4n) is 5.09. The lowest BCUT2D eigenvalue weighted by molar-refractivity contribution is -0.135. The van der Waals surface area contributed by atoms with E-state index in [4.69, 9.17) is 0 Å². The molecule has 7 nitrogen and oxygen atoms in total. The first kappa shape index (κ1) is 21.4. The summed E-state index contributed by atoms with van der Waals surface area (Å²) in [5.41, 5.74) is 3.70. The summed E-state index contributed by atoms with van der Waals surface area (Å²) in [7, 11) is 1.78. The molecule has 0 radical (unpaired) electrons. The van der Waals surface area contributed by atoms with Crippen molar-refractivity contribution in [3.05, 3.63) is 78.0 Å². The highest BCUT2D eigenvalue weighted by Gasteiger charge is 2.56. The molecule has 0 unspecified atom stereocenters. The zero-order chi connectivity index (χ0) is 22.8. The number of hydrogen-bond acceptors (Lipinski definition) is 4. The minimum Gasteiger partial charge on any atom is -0.312 e. The highest BCUT2D eigenvalue weighted by molar-refractivity contribution is 6.07. The van der Waals surface area contributed by atoms with Gasteiger partial charge in [0.1, 0.15) is 5.54 Å². The third-order valence-electron chi connectivity index (χ3n) is 7.13. The Bertz CT molecular complexity index is 1120. The van der Waals surface area contributed by atoms with Gasteiger partial charge in [-0.25, -0.2) is 4.79 Å². The predicted molar refractivity (Wildman–Crippen MR) is 126 cm³/mol. The van der Waals surface area contributed by atoms with Crippen LogP contribution in [0, 0.1) is 0 Å². The summed E-state index contributed by atoms with van der Waals surface area (Å²) < 4.78 is 0. The summed E-state index contributed by atoms with van der Waals surface area (Å²) in [5, 5.41) is 7.38. The molecule has 7 heteroatoms. The van der Waals surface area contributed by atoms with Crippen molar-refractivity contribution >= 4 is 11.9 Å². The molecular weight excluding hydrogens is 414 g/mol. The van der Waals surface area contributed by atoms with Crippen molar-refractivity contribution in [3.63, 3.8) is 0 Å². The highest BCUT2D eigenvalue weighted by atomic mass is 16.2. The lowest BCUT2D eigenvalue weighted by Crippen LogP contribution is -2.55. The smallest absolute Gasteiger partial charge is 0.312 e. The number of likely N-dealkylation sites (N-methyl/N-ethyl adjacent to an activating group) is 1. The summed E-state index contributed by atoms with van der Waals surface area (Å²) >= 11 is 0. The number of aromatic amines is 1. The molecule has 0 atom stereocenters. The number of likely N-dealkylation sites (tertiary alicyclic amines) is 1. The summed E-state index contributed by atoms with van der Waals surface area (Å²) in [4.78, 5) is 31.9. The van der Waals surface area contributed by atoms with Crippen LogP contribution < -0.4 is 0 Å². The van der Waals surface area contributed by atoms with Crippen LogP contribution in [0.5, 0.6) is 0 Å². The van der Waals surface area contributed by atoms with E-state index in [-0.39, 0.29) is 11.9 Å².